The van der Waals surface area contributed by atoms with Gasteiger partial charge < -0.3 is 18.9 Å². The fraction of sp³-hybridized carbons (Fsp3) is 0.522. The van der Waals surface area contributed by atoms with Crippen molar-refractivity contribution in [3.63, 3.8) is 0 Å². The lowest BCUT2D eigenvalue weighted by Crippen LogP contribution is -2.49. The number of fused-ring (bicyclic) bond motifs is 4. The molecule has 164 valence electrons. The number of amides is 1. The van der Waals surface area contributed by atoms with Crippen molar-refractivity contribution < 1.29 is 14.3 Å². The van der Waals surface area contributed by atoms with E-state index in [1.807, 2.05) is 15.5 Å². The quantitative estimate of drug-likeness (QED) is 0.737. The molecule has 2 atom stereocenters. The highest BCUT2D eigenvalue weighted by molar-refractivity contribution is 5.92. The van der Waals surface area contributed by atoms with E-state index in [1.165, 1.54) is 0 Å². The highest BCUT2D eigenvalue weighted by atomic mass is 16.5. The zero-order valence-electron chi connectivity index (χ0n) is 17.8. The van der Waals surface area contributed by atoms with Crippen LogP contribution in [-0.2, 0) is 17.8 Å². The Balaban J connectivity index is 1.36. The molecule has 8 heteroatoms. The third-order valence-corrected chi connectivity index (χ3v) is 6.65. The first-order chi connectivity index (χ1) is 15.1. The van der Waals surface area contributed by atoms with Crippen LogP contribution < -0.4 is 10.3 Å². The van der Waals surface area contributed by atoms with Gasteiger partial charge in [-0.15, -0.1) is 0 Å². The van der Waals surface area contributed by atoms with E-state index < -0.39 is 0 Å². The highest BCUT2D eigenvalue weighted by Gasteiger charge is 2.37. The molecule has 0 aliphatic carbocycles. The van der Waals surface area contributed by atoms with Gasteiger partial charge in [-0.3, -0.25) is 19.5 Å². The molecule has 0 N–H and O–H groups in total. The maximum atomic E-state index is 13.2. The fourth-order valence-corrected chi connectivity index (χ4v) is 5.09. The lowest BCUT2D eigenvalue weighted by molar-refractivity contribution is 0.0338. The predicted molar refractivity (Wildman–Crippen MR) is 114 cm³/mol. The molecule has 0 saturated carbocycles. The van der Waals surface area contributed by atoms with Crippen molar-refractivity contribution in [2.75, 3.05) is 46.5 Å². The molecule has 2 aromatic heterocycles. The molecule has 1 amide bonds. The summed E-state index contributed by atoms with van der Waals surface area (Å²) < 4.78 is 12.6. The standard InChI is InChI=1S/C23H28N4O4/c1-30-19-4-5-24-20(11-19)23(29)26-12-16-10-18(15-26)21-3-2-17(22(28)27(21)13-16)14-25-6-8-31-9-7-25/h2-5,11,16,18H,6-10,12-15H2,1H3/t16-,18+/m0/s1. The predicted octanol–water partition coefficient (Wildman–Crippen LogP) is 1.34. The summed E-state index contributed by atoms with van der Waals surface area (Å²) in [5.74, 6) is 0.998. The number of pyridine rings is 2. The molecule has 3 aliphatic heterocycles. The van der Waals surface area contributed by atoms with E-state index in [2.05, 4.69) is 16.0 Å². The minimum absolute atomic E-state index is 0.0756. The zero-order valence-corrected chi connectivity index (χ0v) is 17.8. The Morgan fingerprint density at radius 1 is 1.19 bits per heavy atom. The van der Waals surface area contributed by atoms with Crippen molar-refractivity contribution >= 4 is 5.91 Å². The van der Waals surface area contributed by atoms with Gasteiger partial charge in [-0.2, -0.15) is 0 Å². The minimum atomic E-state index is -0.0756. The topological polar surface area (TPSA) is 76.9 Å². The molecule has 3 aliphatic rings. The SMILES string of the molecule is COc1ccnc(C(=O)N2C[C@@H]3C[C@H](C2)c2ccc(CN4CCOCC4)c(=O)n2C3)c1. The van der Waals surface area contributed by atoms with E-state index in [0.29, 0.717) is 37.6 Å². The fourth-order valence-electron chi connectivity index (χ4n) is 5.09. The van der Waals surface area contributed by atoms with Crippen LogP contribution in [-0.4, -0.2) is 71.8 Å². The van der Waals surface area contributed by atoms with Gasteiger partial charge in [0.1, 0.15) is 11.4 Å². The van der Waals surface area contributed by atoms with Crippen LogP contribution in [0.25, 0.3) is 0 Å². The number of hydrogen-bond donors (Lipinski definition) is 0. The Hall–Kier alpha value is -2.71. The maximum absolute atomic E-state index is 13.2. The molecule has 2 aromatic rings. The van der Waals surface area contributed by atoms with Crippen molar-refractivity contribution in [3.8, 4) is 5.75 Å². The molecule has 0 spiro atoms. The van der Waals surface area contributed by atoms with Gasteiger partial charge in [-0.05, 0) is 24.5 Å². The lowest BCUT2D eigenvalue weighted by Gasteiger charge is -2.42. The number of morpholine rings is 1. The van der Waals surface area contributed by atoms with Crippen LogP contribution >= 0.6 is 0 Å². The Morgan fingerprint density at radius 3 is 2.84 bits per heavy atom. The summed E-state index contributed by atoms with van der Waals surface area (Å²) >= 11 is 0. The first-order valence-electron chi connectivity index (χ1n) is 10.9. The molecule has 2 saturated heterocycles. The number of likely N-dealkylation sites (tertiary alicyclic amines) is 1. The molecule has 0 aromatic carbocycles. The Morgan fingerprint density at radius 2 is 2.03 bits per heavy atom. The Labute approximate surface area is 181 Å². The van der Waals surface area contributed by atoms with Gasteiger partial charge in [0.2, 0.25) is 0 Å². The third-order valence-electron chi connectivity index (χ3n) is 6.65. The van der Waals surface area contributed by atoms with Crippen molar-refractivity contribution in [3.05, 3.63) is 57.8 Å². The number of aromatic nitrogens is 2. The van der Waals surface area contributed by atoms with Gasteiger partial charge in [0.15, 0.2) is 0 Å². The summed E-state index contributed by atoms with van der Waals surface area (Å²) in [5.41, 5.74) is 2.41. The van der Waals surface area contributed by atoms with E-state index in [1.54, 1.807) is 25.4 Å². The van der Waals surface area contributed by atoms with E-state index >= 15 is 0 Å². The number of rotatable bonds is 4. The molecule has 8 nitrogen and oxygen atoms in total. The van der Waals surface area contributed by atoms with Crippen molar-refractivity contribution in [2.45, 2.75) is 25.4 Å². The van der Waals surface area contributed by atoms with Gasteiger partial charge in [0.05, 0.1) is 20.3 Å². The number of carbonyl (C=O) groups excluding carboxylic acids is 1. The van der Waals surface area contributed by atoms with Crippen molar-refractivity contribution in [2.24, 2.45) is 5.92 Å². The number of nitrogens with zero attached hydrogens (tertiary/aromatic N) is 4. The van der Waals surface area contributed by atoms with Crippen LogP contribution in [0, 0.1) is 5.92 Å². The average molecular weight is 425 g/mol. The molecule has 31 heavy (non-hydrogen) atoms. The van der Waals surface area contributed by atoms with Crippen LogP contribution in [0.3, 0.4) is 0 Å². The molecule has 2 bridgehead atoms. The second-order valence-corrected chi connectivity index (χ2v) is 8.68. The highest BCUT2D eigenvalue weighted by Crippen LogP contribution is 2.35. The van der Waals surface area contributed by atoms with Gasteiger partial charge in [0, 0.05) is 68.7 Å². The number of methoxy groups -OCH3 is 1. The molecular weight excluding hydrogens is 396 g/mol. The summed E-state index contributed by atoms with van der Waals surface area (Å²) in [5, 5.41) is 0. The zero-order chi connectivity index (χ0) is 21.4. The van der Waals surface area contributed by atoms with Gasteiger partial charge >= 0.3 is 0 Å². The first kappa shape index (κ1) is 20.2. The maximum Gasteiger partial charge on any atom is 0.272 e. The second-order valence-electron chi connectivity index (χ2n) is 8.68. The smallest absolute Gasteiger partial charge is 0.272 e. The summed E-state index contributed by atoms with van der Waals surface area (Å²) in [6, 6.07) is 7.49. The van der Waals surface area contributed by atoms with Crippen LogP contribution in [0.1, 0.15) is 34.1 Å². The summed E-state index contributed by atoms with van der Waals surface area (Å²) in [6.45, 7) is 5.76. The lowest BCUT2D eigenvalue weighted by atomic mass is 9.82. The largest absolute Gasteiger partial charge is 0.497 e. The molecule has 5 rings (SSSR count). The number of ether oxygens (including phenoxy) is 2. The minimum Gasteiger partial charge on any atom is -0.497 e. The van der Waals surface area contributed by atoms with E-state index in [9.17, 15) is 9.59 Å². The van der Waals surface area contributed by atoms with Crippen LogP contribution in [0.2, 0.25) is 0 Å². The molecule has 5 heterocycles. The number of carbonyl (C=O) groups is 1. The average Bonchev–Trinajstić information content (AvgIpc) is 2.81. The molecule has 0 unspecified atom stereocenters. The third kappa shape index (κ3) is 3.97. The normalized spacial score (nSPS) is 23.3. The van der Waals surface area contributed by atoms with E-state index in [-0.39, 0.29) is 23.3 Å². The number of piperidine rings is 1. The Bertz CT molecular complexity index is 1030. The molecule has 2 fully saturated rings. The number of hydrogen-bond acceptors (Lipinski definition) is 6. The molecular formula is C23H28N4O4. The van der Waals surface area contributed by atoms with Gasteiger partial charge in [-0.1, -0.05) is 6.07 Å². The van der Waals surface area contributed by atoms with E-state index in [4.69, 9.17) is 9.47 Å². The van der Waals surface area contributed by atoms with Crippen molar-refractivity contribution in [1.29, 1.82) is 0 Å². The van der Waals surface area contributed by atoms with Crippen LogP contribution in [0.15, 0.2) is 35.3 Å². The van der Waals surface area contributed by atoms with Crippen LogP contribution in [0.4, 0.5) is 0 Å². The monoisotopic (exact) mass is 424 g/mol. The summed E-state index contributed by atoms with van der Waals surface area (Å²) in [4.78, 5) is 34.7. The molecule has 0 radical (unpaired) electrons. The van der Waals surface area contributed by atoms with Gasteiger partial charge in [-0.25, -0.2) is 0 Å². The summed E-state index contributed by atoms with van der Waals surface area (Å²) in [7, 11) is 1.58. The first-order valence-corrected chi connectivity index (χ1v) is 10.9. The summed E-state index contributed by atoms with van der Waals surface area (Å²) in [6.07, 6.45) is 2.61. The van der Waals surface area contributed by atoms with Crippen molar-refractivity contribution in [1.82, 2.24) is 19.4 Å². The second kappa shape index (κ2) is 8.43. The van der Waals surface area contributed by atoms with Gasteiger partial charge in [0.25, 0.3) is 11.5 Å². The van der Waals surface area contributed by atoms with E-state index in [0.717, 1.165) is 44.0 Å². The Kier molecular flexibility index (Phi) is 5.50. The van der Waals surface area contributed by atoms with Crippen LogP contribution in [0.5, 0.6) is 5.75 Å².